The van der Waals surface area contributed by atoms with Gasteiger partial charge in [-0.2, -0.15) is 0 Å². The molecule has 1 aromatic rings. The van der Waals surface area contributed by atoms with Gasteiger partial charge in [0.2, 0.25) is 0 Å². The minimum absolute atomic E-state index is 0.291. The zero-order valence-corrected chi connectivity index (χ0v) is 13.9. The molecule has 0 saturated heterocycles. The van der Waals surface area contributed by atoms with E-state index < -0.39 is 0 Å². The van der Waals surface area contributed by atoms with E-state index in [1.165, 1.54) is 5.56 Å². The van der Waals surface area contributed by atoms with Gasteiger partial charge in [-0.1, -0.05) is 33.8 Å². The Bertz CT molecular complexity index is 423. The lowest BCUT2D eigenvalue weighted by Gasteiger charge is -2.29. The highest BCUT2D eigenvalue weighted by Gasteiger charge is 2.20. The normalized spacial score (nSPS) is 14.8. The van der Waals surface area contributed by atoms with E-state index in [0.717, 1.165) is 18.0 Å². The molecule has 1 N–H and O–H groups in total. The highest BCUT2D eigenvalue weighted by Crippen LogP contribution is 2.30. The van der Waals surface area contributed by atoms with Crippen LogP contribution in [0, 0.1) is 11.3 Å². The van der Waals surface area contributed by atoms with E-state index in [1.54, 1.807) is 14.2 Å². The first-order valence-corrected chi connectivity index (χ1v) is 7.25. The van der Waals surface area contributed by atoms with Crippen LogP contribution in [0.25, 0.3) is 0 Å². The summed E-state index contributed by atoms with van der Waals surface area (Å²) < 4.78 is 10.6. The molecule has 20 heavy (non-hydrogen) atoms. The Kier molecular flexibility index (Phi) is 5.88. The molecule has 0 amide bonds. The second-order valence-corrected chi connectivity index (χ2v) is 6.51. The first-order chi connectivity index (χ1) is 9.29. The lowest BCUT2D eigenvalue weighted by atomic mass is 9.82. The van der Waals surface area contributed by atoms with E-state index >= 15 is 0 Å². The van der Waals surface area contributed by atoms with E-state index in [0.29, 0.717) is 17.4 Å². The van der Waals surface area contributed by atoms with Crippen LogP contribution in [0.1, 0.15) is 46.2 Å². The van der Waals surface area contributed by atoms with Gasteiger partial charge in [0.05, 0.1) is 14.2 Å². The van der Waals surface area contributed by atoms with Crippen molar-refractivity contribution in [1.82, 2.24) is 5.32 Å². The molecule has 3 nitrogen and oxygen atoms in total. The summed E-state index contributed by atoms with van der Waals surface area (Å²) in [6, 6.07) is 6.37. The Hall–Kier alpha value is -1.22. The van der Waals surface area contributed by atoms with Gasteiger partial charge in [-0.05, 0) is 42.5 Å². The van der Waals surface area contributed by atoms with Gasteiger partial charge in [-0.3, -0.25) is 0 Å². The molecule has 2 unspecified atom stereocenters. The first-order valence-electron chi connectivity index (χ1n) is 7.25. The van der Waals surface area contributed by atoms with Gasteiger partial charge in [0.1, 0.15) is 0 Å². The van der Waals surface area contributed by atoms with Gasteiger partial charge in [-0.15, -0.1) is 0 Å². The lowest BCUT2D eigenvalue weighted by Crippen LogP contribution is -2.31. The van der Waals surface area contributed by atoms with Crippen molar-refractivity contribution in [2.75, 3.05) is 20.8 Å². The highest BCUT2D eigenvalue weighted by molar-refractivity contribution is 5.43. The maximum atomic E-state index is 5.35. The molecule has 0 spiro atoms. The fraction of sp³-hybridized carbons (Fsp3) is 0.647. The van der Waals surface area contributed by atoms with Crippen LogP contribution in [0.3, 0.4) is 0 Å². The zero-order chi connectivity index (χ0) is 15.3. The Balaban J connectivity index is 2.70. The summed E-state index contributed by atoms with van der Waals surface area (Å²) in [5, 5.41) is 3.60. The zero-order valence-electron chi connectivity index (χ0n) is 13.9. The second kappa shape index (κ2) is 6.98. The van der Waals surface area contributed by atoms with Gasteiger partial charge in [-0.25, -0.2) is 0 Å². The van der Waals surface area contributed by atoms with Gasteiger partial charge >= 0.3 is 0 Å². The van der Waals surface area contributed by atoms with Crippen molar-refractivity contribution in [3.63, 3.8) is 0 Å². The summed E-state index contributed by atoms with van der Waals surface area (Å²) in [5.41, 5.74) is 1.54. The van der Waals surface area contributed by atoms with Crippen LogP contribution < -0.4 is 14.8 Å². The highest BCUT2D eigenvalue weighted by atomic mass is 16.5. The van der Waals surface area contributed by atoms with Crippen LogP contribution in [-0.4, -0.2) is 20.8 Å². The topological polar surface area (TPSA) is 30.5 Å². The Morgan fingerprint density at radius 3 is 2.15 bits per heavy atom. The van der Waals surface area contributed by atoms with E-state index in [4.69, 9.17) is 9.47 Å². The SMILES string of the molecule is COc1ccc(C(C)NCC(C)C(C)(C)C)cc1OC. The van der Waals surface area contributed by atoms with Crippen molar-refractivity contribution >= 4 is 0 Å². The molecule has 114 valence electrons. The smallest absolute Gasteiger partial charge is 0.161 e. The Morgan fingerprint density at radius 2 is 1.65 bits per heavy atom. The minimum Gasteiger partial charge on any atom is -0.493 e. The quantitative estimate of drug-likeness (QED) is 0.852. The standard InChI is InChI=1S/C17H29NO2/c1-12(17(3,4)5)11-18-13(2)14-8-9-15(19-6)16(10-14)20-7/h8-10,12-13,18H,11H2,1-7H3. The van der Waals surface area contributed by atoms with Crippen LogP contribution >= 0.6 is 0 Å². The van der Waals surface area contributed by atoms with Crippen LogP contribution in [0.5, 0.6) is 11.5 Å². The second-order valence-electron chi connectivity index (χ2n) is 6.51. The van der Waals surface area contributed by atoms with Crippen LogP contribution in [0.15, 0.2) is 18.2 Å². The average Bonchev–Trinajstić information content (AvgIpc) is 2.42. The van der Waals surface area contributed by atoms with Crippen molar-refractivity contribution in [2.24, 2.45) is 11.3 Å². The lowest BCUT2D eigenvalue weighted by molar-refractivity contribution is 0.247. The van der Waals surface area contributed by atoms with Gasteiger partial charge in [0.25, 0.3) is 0 Å². The summed E-state index contributed by atoms with van der Waals surface area (Å²) in [6.07, 6.45) is 0. The minimum atomic E-state index is 0.291. The molecular formula is C17H29NO2. The molecule has 0 aliphatic carbocycles. The van der Waals surface area contributed by atoms with E-state index in [9.17, 15) is 0 Å². The molecule has 0 fully saturated rings. The molecule has 0 heterocycles. The van der Waals surface area contributed by atoms with E-state index in [-0.39, 0.29) is 0 Å². The molecule has 3 heteroatoms. The van der Waals surface area contributed by atoms with Crippen LogP contribution in [-0.2, 0) is 0 Å². The largest absolute Gasteiger partial charge is 0.493 e. The predicted octanol–water partition coefficient (Wildman–Crippen LogP) is 4.04. The summed E-state index contributed by atoms with van der Waals surface area (Å²) in [5.74, 6) is 2.17. The summed E-state index contributed by atoms with van der Waals surface area (Å²) in [7, 11) is 3.33. The molecule has 0 aromatic heterocycles. The molecule has 0 saturated carbocycles. The molecule has 0 radical (unpaired) electrons. The molecule has 0 bridgehead atoms. The fourth-order valence-corrected chi connectivity index (χ4v) is 1.90. The molecule has 0 aliphatic heterocycles. The number of ether oxygens (including phenoxy) is 2. The number of nitrogens with one attached hydrogen (secondary N) is 1. The van der Waals surface area contributed by atoms with Crippen LogP contribution in [0.2, 0.25) is 0 Å². The monoisotopic (exact) mass is 279 g/mol. The molecule has 1 aromatic carbocycles. The van der Waals surface area contributed by atoms with Gasteiger partial charge in [0, 0.05) is 6.04 Å². The number of hydrogen-bond donors (Lipinski definition) is 1. The Morgan fingerprint density at radius 1 is 1.05 bits per heavy atom. The number of methoxy groups -OCH3 is 2. The molecule has 0 aliphatic rings. The Labute approximate surface area is 123 Å². The van der Waals surface area contributed by atoms with E-state index in [1.807, 2.05) is 12.1 Å². The van der Waals surface area contributed by atoms with Crippen molar-refractivity contribution < 1.29 is 9.47 Å². The maximum absolute atomic E-state index is 5.35. The average molecular weight is 279 g/mol. The number of benzene rings is 1. The van der Waals surface area contributed by atoms with Gasteiger partial charge < -0.3 is 14.8 Å². The third-order valence-corrected chi connectivity index (χ3v) is 4.12. The molecule has 2 atom stereocenters. The third kappa shape index (κ3) is 4.41. The van der Waals surface area contributed by atoms with Crippen LogP contribution in [0.4, 0.5) is 0 Å². The first kappa shape index (κ1) is 16.8. The molecule has 1 rings (SSSR count). The fourth-order valence-electron chi connectivity index (χ4n) is 1.90. The van der Waals surface area contributed by atoms with Crippen molar-refractivity contribution in [3.05, 3.63) is 23.8 Å². The predicted molar refractivity (Wildman–Crippen MR) is 84.6 cm³/mol. The summed E-state index contributed by atoms with van der Waals surface area (Å²) in [6.45, 7) is 12.3. The van der Waals surface area contributed by atoms with Crippen molar-refractivity contribution in [1.29, 1.82) is 0 Å². The number of hydrogen-bond acceptors (Lipinski definition) is 3. The summed E-state index contributed by atoms with van der Waals surface area (Å²) >= 11 is 0. The van der Waals surface area contributed by atoms with Crippen molar-refractivity contribution in [2.45, 2.75) is 40.7 Å². The third-order valence-electron chi connectivity index (χ3n) is 4.12. The number of rotatable bonds is 6. The maximum Gasteiger partial charge on any atom is 0.161 e. The van der Waals surface area contributed by atoms with Gasteiger partial charge in [0.15, 0.2) is 11.5 Å². The molecular weight excluding hydrogens is 250 g/mol. The summed E-state index contributed by atoms with van der Waals surface area (Å²) in [4.78, 5) is 0. The van der Waals surface area contributed by atoms with E-state index in [2.05, 4.69) is 46.0 Å². The van der Waals surface area contributed by atoms with Crippen molar-refractivity contribution in [3.8, 4) is 11.5 Å².